The average Bonchev–Trinajstić information content (AvgIpc) is 2.57. The Morgan fingerprint density at radius 3 is 2.10 bits per heavy atom. The van der Waals surface area contributed by atoms with Gasteiger partial charge in [-0.1, -0.05) is 18.2 Å². The molecule has 0 radical (unpaired) electrons. The summed E-state index contributed by atoms with van der Waals surface area (Å²) < 4.78 is 0.956. The van der Waals surface area contributed by atoms with Crippen molar-refractivity contribution in [3.8, 4) is 0 Å². The highest BCUT2D eigenvalue weighted by atomic mass is 127. The Morgan fingerprint density at radius 1 is 0.900 bits per heavy atom. The molecule has 0 aliphatic carbocycles. The first-order chi connectivity index (χ1) is 9.56. The molecule has 3 rings (SSSR count). The molecule has 0 bridgehead atoms. The Bertz CT molecular complexity index is 922. The lowest BCUT2D eigenvalue weighted by Gasteiger charge is -1.94. The Morgan fingerprint density at radius 2 is 1.45 bits per heavy atom. The van der Waals surface area contributed by atoms with E-state index in [4.69, 9.17) is 0 Å². The summed E-state index contributed by atoms with van der Waals surface area (Å²) in [5.74, 6) is 0. The van der Waals surface area contributed by atoms with Crippen LogP contribution in [0.4, 0.5) is 5.69 Å². The van der Waals surface area contributed by atoms with E-state index in [9.17, 15) is 14.9 Å². The second-order valence-electron chi connectivity index (χ2n) is 4.42. The number of nitro benzene ring substituents is 1. The number of nitro groups is 1. The van der Waals surface area contributed by atoms with Gasteiger partial charge in [0.25, 0.3) is 5.69 Å². The maximum atomic E-state index is 12.6. The molecule has 0 saturated heterocycles. The highest BCUT2D eigenvalue weighted by molar-refractivity contribution is 14.1. The molecule has 0 aliphatic heterocycles. The summed E-state index contributed by atoms with van der Waals surface area (Å²) in [5, 5.41) is 13.3. The third kappa shape index (κ3) is 2.14. The van der Waals surface area contributed by atoms with E-state index in [1.165, 1.54) is 12.1 Å². The van der Waals surface area contributed by atoms with Gasteiger partial charge in [0.05, 0.1) is 4.92 Å². The van der Waals surface area contributed by atoms with Crippen molar-refractivity contribution in [2.45, 2.75) is 0 Å². The molecule has 0 aromatic heterocycles. The molecule has 0 N–H and O–H groups in total. The molecule has 0 amide bonds. The fourth-order valence-electron chi connectivity index (χ4n) is 2.19. The predicted molar refractivity (Wildman–Crippen MR) is 87.1 cm³/mol. The van der Waals surface area contributed by atoms with Crippen molar-refractivity contribution in [3.63, 3.8) is 0 Å². The van der Waals surface area contributed by atoms with Crippen LogP contribution < -0.4 is 5.43 Å². The highest BCUT2D eigenvalue weighted by Gasteiger charge is 2.09. The van der Waals surface area contributed by atoms with Gasteiger partial charge in [0.1, 0.15) is 0 Å². The van der Waals surface area contributed by atoms with E-state index in [2.05, 4.69) is 22.6 Å². The van der Waals surface area contributed by atoms with Crippen LogP contribution in [0.25, 0.3) is 21.5 Å². The summed E-state index contributed by atoms with van der Waals surface area (Å²) in [6, 6.07) is 13.7. The SMILES string of the molecule is O=c1c2cc(I)ccc2ccc2ccc([N+](=O)[O-])cc12. The molecule has 0 spiro atoms. The van der Waals surface area contributed by atoms with Crippen LogP contribution in [0, 0.1) is 13.7 Å². The molecule has 0 atom stereocenters. The van der Waals surface area contributed by atoms with Gasteiger partial charge in [0.2, 0.25) is 0 Å². The van der Waals surface area contributed by atoms with Gasteiger partial charge in [-0.15, -0.1) is 0 Å². The Kier molecular flexibility index (Phi) is 3.13. The zero-order chi connectivity index (χ0) is 14.3. The number of nitrogens with zero attached hydrogens (tertiary/aromatic N) is 1. The van der Waals surface area contributed by atoms with Gasteiger partial charge in [-0.05, 0) is 51.6 Å². The van der Waals surface area contributed by atoms with Crippen LogP contribution in [0.15, 0.2) is 53.3 Å². The first-order valence-electron chi connectivity index (χ1n) is 5.87. The van der Waals surface area contributed by atoms with E-state index in [1.54, 1.807) is 12.1 Å². The van der Waals surface area contributed by atoms with E-state index in [-0.39, 0.29) is 11.1 Å². The van der Waals surface area contributed by atoms with Gasteiger partial charge in [-0.2, -0.15) is 0 Å². The van der Waals surface area contributed by atoms with Gasteiger partial charge >= 0.3 is 0 Å². The molecular formula is C15H8INO3. The smallest absolute Gasteiger partial charge is 0.270 e. The third-order valence-corrected chi connectivity index (χ3v) is 3.87. The van der Waals surface area contributed by atoms with Crippen molar-refractivity contribution in [2.24, 2.45) is 0 Å². The first kappa shape index (κ1) is 13.0. The first-order valence-corrected chi connectivity index (χ1v) is 6.95. The quantitative estimate of drug-likeness (QED) is 0.368. The maximum Gasteiger partial charge on any atom is 0.270 e. The minimum atomic E-state index is -0.488. The van der Waals surface area contributed by atoms with Crippen LogP contribution >= 0.6 is 22.6 Å². The molecule has 3 aromatic carbocycles. The number of rotatable bonds is 1. The lowest BCUT2D eigenvalue weighted by Crippen LogP contribution is -1.99. The van der Waals surface area contributed by atoms with Gasteiger partial charge in [-0.3, -0.25) is 14.9 Å². The number of halogens is 1. The van der Waals surface area contributed by atoms with E-state index >= 15 is 0 Å². The van der Waals surface area contributed by atoms with Crippen molar-refractivity contribution in [2.75, 3.05) is 0 Å². The topological polar surface area (TPSA) is 60.2 Å². The molecule has 0 fully saturated rings. The normalized spacial score (nSPS) is 10.8. The average molecular weight is 377 g/mol. The van der Waals surface area contributed by atoms with E-state index < -0.39 is 4.92 Å². The van der Waals surface area contributed by atoms with Crippen LogP contribution in [-0.2, 0) is 0 Å². The second kappa shape index (κ2) is 4.82. The van der Waals surface area contributed by atoms with Crippen LogP contribution in [0.3, 0.4) is 0 Å². The summed E-state index contributed by atoms with van der Waals surface area (Å²) in [6.45, 7) is 0. The maximum absolute atomic E-state index is 12.6. The number of hydrogen-bond acceptors (Lipinski definition) is 3. The molecule has 0 unspecified atom stereocenters. The number of benzene rings is 2. The molecule has 3 aromatic rings. The number of hydrogen-bond donors (Lipinski definition) is 0. The fourth-order valence-corrected chi connectivity index (χ4v) is 2.69. The molecule has 0 heterocycles. The lowest BCUT2D eigenvalue weighted by molar-refractivity contribution is -0.384. The molecule has 4 nitrogen and oxygen atoms in total. The summed E-state index contributed by atoms with van der Waals surface area (Å²) in [7, 11) is 0. The standard InChI is InChI=1S/C15H8INO3/c16-11-5-3-9-1-2-10-4-6-12(17(19)20)8-14(10)15(18)13(9)7-11/h1-8H. The lowest BCUT2D eigenvalue weighted by atomic mass is 10.1. The van der Waals surface area contributed by atoms with Crippen LogP contribution in [0.5, 0.6) is 0 Å². The summed E-state index contributed by atoms with van der Waals surface area (Å²) in [6.07, 6.45) is 0. The minimum absolute atomic E-state index is 0.0698. The van der Waals surface area contributed by atoms with Crippen molar-refractivity contribution in [1.82, 2.24) is 0 Å². The molecular weight excluding hydrogens is 369 g/mol. The van der Waals surface area contributed by atoms with Gasteiger partial charge in [-0.25, -0.2) is 0 Å². The van der Waals surface area contributed by atoms with Crippen molar-refractivity contribution < 1.29 is 4.92 Å². The zero-order valence-corrected chi connectivity index (χ0v) is 12.3. The highest BCUT2D eigenvalue weighted by Crippen LogP contribution is 2.21. The van der Waals surface area contributed by atoms with Gasteiger partial charge in [0.15, 0.2) is 5.43 Å². The second-order valence-corrected chi connectivity index (χ2v) is 5.67. The Balaban J connectivity index is 2.54. The zero-order valence-electron chi connectivity index (χ0n) is 10.2. The monoisotopic (exact) mass is 377 g/mol. The summed E-state index contributed by atoms with van der Waals surface area (Å²) in [4.78, 5) is 23.0. The van der Waals surface area contributed by atoms with E-state index in [0.717, 1.165) is 8.96 Å². The minimum Gasteiger partial charge on any atom is -0.289 e. The Hall–Kier alpha value is -2.02. The van der Waals surface area contributed by atoms with Crippen molar-refractivity contribution in [1.29, 1.82) is 0 Å². The van der Waals surface area contributed by atoms with Gasteiger partial charge < -0.3 is 0 Å². The summed E-state index contributed by atoms with van der Waals surface area (Å²) in [5.41, 5.74) is -0.248. The van der Waals surface area contributed by atoms with E-state index in [1.807, 2.05) is 24.3 Å². The molecule has 20 heavy (non-hydrogen) atoms. The summed E-state index contributed by atoms with van der Waals surface area (Å²) >= 11 is 2.14. The third-order valence-electron chi connectivity index (χ3n) is 3.19. The molecule has 0 aliphatic rings. The molecule has 0 saturated carbocycles. The number of fused-ring (bicyclic) bond motifs is 2. The van der Waals surface area contributed by atoms with Crippen molar-refractivity contribution >= 4 is 49.8 Å². The van der Waals surface area contributed by atoms with Crippen LogP contribution in [-0.4, -0.2) is 4.92 Å². The van der Waals surface area contributed by atoms with Crippen LogP contribution in [0.1, 0.15) is 0 Å². The van der Waals surface area contributed by atoms with Crippen LogP contribution in [0.2, 0.25) is 0 Å². The molecule has 5 heteroatoms. The predicted octanol–water partition coefficient (Wildman–Crippen LogP) is 3.87. The fraction of sp³-hybridized carbons (Fsp3) is 0. The molecule has 98 valence electrons. The van der Waals surface area contributed by atoms with E-state index in [0.29, 0.717) is 16.2 Å². The largest absolute Gasteiger partial charge is 0.289 e. The number of non-ortho nitro benzene ring substituents is 1. The van der Waals surface area contributed by atoms with Gasteiger partial charge in [0, 0.05) is 26.5 Å². The van der Waals surface area contributed by atoms with Crippen molar-refractivity contribution in [3.05, 3.63) is 72.4 Å². The Labute approximate surface area is 127 Å².